The summed E-state index contributed by atoms with van der Waals surface area (Å²) in [5, 5.41) is 3.31. The summed E-state index contributed by atoms with van der Waals surface area (Å²) in [5.41, 5.74) is 4.88. The van der Waals surface area contributed by atoms with Gasteiger partial charge in [-0.15, -0.1) is 0 Å². The smallest absolute Gasteiger partial charge is 0.229 e. The van der Waals surface area contributed by atoms with Crippen LogP contribution in [0.25, 0.3) is 22.6 Å². The monoisotopic (exact) mass is 385 g/mol. The summed E-state index contributed by atoms with van der Waals surface area (Å²) in [5.74, 6) is 1.41. The second kappa shape index (κ2) is 7.60. The number of nitrogens with zero attached hydrogens (tertiary/aromatic N) is 6. The molecule has 1 N–H and O–H groups in total. The van der Waals surface area contributed by atoms with Crippen LogP contribution >= 0.6 is 0 Å². The second-order valence-corrected chi connectivity index (χ2v) is 7.44. The zero-order chi connectivity index (χ0) is 19.6. The van der Waals surface area contributed by atoms with Crippen molar-refractivity contribution in [3.05, 3.63) is 60.6 Å². The van der Waals surface area contributed by atoms with Crippen LogP contribution in [0.3, 0.4) is 0 Å². The number of pyridine rings is 1. The number of aromatic nitrogens is 5. The van der Waals surface area contributed by atoms with Gasteiger partial charge < -0.3 is 9.88 Å². The number of hydrogen-bond acceptors (Lipinski definition) is 6. The Bertz CT molecular complexity index is 1110. The molecule has 0 aliphatic carbocycles. The van der Waals surface area contributed by atoms with E-state index < -0.39 is 0 Å². The molecule has 29 heavy (non-hydrogen) atoms. The van der Waals surface area contributed by atoms with E-state index in [0.717, 1.165) is 34.8 Å². The Morgan fingerprint density at radius 2 is 1.72 bits per heavy atom. The first-order valence-electron chi connectivity index (χ1n) is 9.94. The van der Waals surface area contributed by atoms with Crippen molar-refractivity contribution in [2.45, 2.75) is 19.4 Å². The van der Waals surface area contributed by atoms with Crippen molar-refractivity contribution >= 4 is 22.8 Å². The first-order valence-corrected chi connectivity index (χ1v) is 9.94. The predicted molar refractivity (Wildman–Crippen MR) is 114 cm³/mol. The SMILES string of the molecule is Cn1c(-c2ccncc2)nc2cnc(Nc3ccc(CN4CCCC4)cc3)nc21. The van der Waals surface area contributed by atoms with Gasteiger partial charge in [0.25, 0.3) is 0 Å². The third-order valence-corrected chi connectivity index (χ3v) is 5.37. The molecule has 3 aromatic heterocycles. The minimum atomic E-state index is 0.564. The number of benzene rings is 1. The van der Waals surface area contributed by atoms with Crippen molar-refractivity contribution in [3.63, 3.8) is 0 Å². The van der Waals surface area contributed by atoms with E-state index >= 15 is 0 Å². The molecule has 7 nitrogen and oxygen atoms in total. The predicted octanol–water partition coefficient (Wildman–Crippen LogP) is 3.76. The molecule has 4 aromatic rings. The molecule has 5 rings (SSSR count). The van der Waals surface area contributed by atoms with Crippen LogP contribution in [-0.4, -0.2) is 42.5 Å². The summed E-state index contributed by atoms with van der Waals surface area (Å²) in [6.07, 6.45) is 7.92. The Kier molecular flexibility index (Phi) is 4.65. The number of rotatable bonds is 5. The Morgan fingerprint density at radius 1 is 0.966 bits per heavy atom. The number of nitrogens with one attached hydrogen (secondary N) is 1. The highest BCUT2D eigenvalue weighted by molar-refractivity contribution is 5.77. The van der Waals surface area contributed by atoms with Gasteiger partial charge in [0.15, 0.2) is 5.65 Å². The molecule has 0 amide bonds. The Labute approximate surface area is 169 Å². The van der Waals surface area contributed by atoms with Gasteiger partial charge in [0.1, 0.15) is 11.3 Å². The fraction of sp³-hybridized carbons (Fsp3) is 0.273. The Morgan fingerprint density at radius 3 is 2.48 bits per heavy atom. The second-order valence-electron chi connectivity index (χ2n) is 7.44. The Hall–Kier alpha value is -3.32. The van der Waals surface area contributed by atoms with Crippen molar-refractivity contribution in [2.24, 2.45) is 7.05 Å². The van der Waals surface area contributed by atoms with Gasteiger partial charge in [0.2, 0.25) is 5.95 Å². The quantitative estimate of drug-likeness (QED) is 0.564. The molecule has 1 saturated heterocycles. The highest BCUT2D eigenvalue weighted by atomic mass is 15.2. The van der Waals surface area contributed by atoms with Crippen molar-refractivity contribution < 1.29 is 0 Å². The molecule has 0 spiro atoms. The van der Waals surface area contributed by atoms with Gasteiger partial charge >= 0.3 is 0 Å². The van der Waals surface area contributed by atoms with Crippen LogP contribution in [0.2, 0.25) is 0 Å². The molecule has 7 heteroatoms. The van der Waals surface area contributed by atoms with Gasteiger partial charge in [-0.25, -0.2) is 9.97 Å². The first kappa shape index (κ1) is 17.8. The van der Waals surface area contributed by atoms with Gasteiger partial charge in [-0.1, -0.05) is 12.1 Å². The molecule has 1 fully saturated rings. The summed E-state index contributed by atoms with van der Waals surface area (Å²) in [6, 6.07) is 12.4. The maximum absolute atomic E-state index is 4.68. The number of aryl methyl sites for hydroxylation is 1. The molecule has 0 bridgehead atoms. The maximum atomic E-state index is 4.68. The molecular weight excluding hydrogens is 362 g/mol. The van der Waals surface area contributed by atoms with E-state index in [-0.39, 0.29) is 0 Å². The number of likely N-dealkylation sites (tertiary alicyclic amines) is 1. The normalized spacial score (nSPS) is 14.5. The molecule has 0 atom stereocenters. The highest BCUT2D eigenvalue weighted by Gasteiger charge is 2.13. The summed E-state index contributed by atoms with van der Waals surface area (Å²) in [7, 11) is 1.97. The molecule has 0 saturated carbocycles. The van der Waals surface area contributed by atoms with E-state index in [2.05, 4.69) is 54.4 Å². The van der Waals surface area contributed by atoms with Crippen LogP contribution in [-0.2, 0) is 13.6 Å². The maximum Gasteiger partial charge on any atom is 0.229 e. The molecule has 1 aliphatic heterocycles. The topological polar surface area (TPSA) is 71.8 Å². The standard InChI is InChI=1S/C22H23N7/c1-28-20(17-8-10-23-11-9-17)26-19-14-24-22(27-21(19)28)25-18-6-4-16(5-7-18)15-29-12-2-3-13-29/h4-11,14H,2-3,12-13,15H2,1H3,(H,24,25,27). The first-order chi connectivity index (χ1) is 14.3. The fourth-order valence-corrected chi connectivity index (χ4v) is 3.82. The minimum Gasteiger partial charge on any atom is -0.324 e. The van der Waals surface area contributed by atoms with Crippen molar-refractivity contribution in [1.82, 2.24) is 29.4 Å². The lowest BCUT2D eigenvalue weighted by atomic mass is 10.2. The van der Waals surface area contributed by atoms with E-state index in [1.54, 1.807) is 18.6 Å². The fourth-order valence-electron chi connectivity index (χ4n) is 3.82. The summed E-state index contributed by atoms with van der Waals surface area (Å²) in [6.45, 7) is 3.44. The lowest BCUT2D eigenvalue weighted by Crippen LogP contribution is -2.18. The van der Waals surface area contributed by atoms with Crippen LogP contribution in [0.15, 0.2) is 55.0 Å². The number of fused-ring (bicyclic) bond motifs is 1. The average Bonchev–Trinajstić information content (AvgIpc) is 3.38. The van der Waals surface area contributed by atoms with Crippen LogP contribution in [0.4, 0.5) is 11.6 Å². The van der Waals surface area contributed by atoms with Crippen molar-refractivity contribution in [1.29, 1.82) is 0 Å². The molecular formula is C22H23N7. The van der Waals surface area contributed by atoms with Gasteiger partial charge in [0, 0.05) is 37.2 Å². The minimum absolute atomic E-state index is 0.564. The van der Waals surface area contributed by atoms with E-state index in [1.165, 1.54) is 31.5 Å². The number of imidazole rings is 1. The molecule has 146 valence electrons. The average molecular weight is 385 g/mol. The van der Waals surface area contributed by atoms with Crippen LogP contribution < -0.4 is 5.32 Å². The van der Waals surface area contributed by atoms with Crippen LogP contribution in [0.5, 0.6) is 0 Å². The zero-order valence-corrected chi connectivity index (χ0v) is 16.4. The third-order valence-electron chi connectivity index (χ3n) is 5.37. The highest BCUT2D eigenvalue weighted by Crippen LogP contribution is 2.23. The summed E-state index contributed by atoms with van der Waals surface area (Å²) in [4.78, 5) is 20.4. The largest absolute Gasteiger partial charge is 0.324 e. The van der Waals surface area contributed by atoms with Crippen molar-refractivity contribution in [2.75, 3.05) is 18.4 Å². The van der Waals surface area contributed by atoms with Crippen molar-refractivity contribution in [3.8, 4) is 11.4 Å². The molecule has 0 radical (unpaired) electrons. The van der Waals surface area contributed by atoms with Crippen LogP contribution in [0, 0.1) is 0 Å². The molecule has 1 aliphatic rings. The van der Waals surface area contributed by atoms with E-state index in [1.807, 2.05) is 23.7 Å². The van der Waals surface area contributed by atoms with Crippen LogP contribution in [0.1, 0.15) is 18.4 Å². The Balaban J connectivity index is 1.36. The van der Waals surface area contributed by atoms with E-state index in [4.69, 9.17) is 0 Å². The zero-order valence-electron chi connectivity index (χ0n) is 16.4. The van der Waals surface area contributed by atoms with E-state index in [9.17, 15) is 0 Å². The van der Waals surface area contributed by atoms with Gasteiger partial charge in [-0.05, 0) is 55.8 Å². The molecule has 4 heterocycles. The number of anilines is 2. The van der Waals surface area contributed by atoms with Gasteiger partial charge in [0.05, 0.1) is 6.20 Å². The lowest BCUT2D eigenvalue weighted by molar-refractivity contribution is 0.331. The van der Waals surface area contributed by atoms with Gasteiger partial charge in [-0.2, -0.15) is 4.98 Å². The summed E-state index contributed by atoms with van der Waals surface area (Å²) >= 11 is 0. The molecule has 0 unspecified atom stereocenters. The van der Waals surface area contributed by atoms with E-state index in [0.29, 0.717) is 5.95 Å². The van der Waals surface area contributed by atoms with Gasteiger partial charge in [-0.3, -0.25) is 9.88 Å². The summed E-state index contributed by atoms with van der Waals surface area (Å²) < 4.78 is 1.98. The number of hydrogen-bond donors (Lipinski definition) is 1. The third kappa shape index (κ3) is 3.69. The lowest BCUT2D eigenvalue weighted by Gasteiger charge is -2.14. The molecule has 1 aromatic carbocycles.